The number of nitrogens with one attached hydrogen (secondary N) is 1. The van der Waals surface area contributed by atoms with Crippen molar-refractivity contribution in [3.8, 4) is 5.75 Å². The fourth-order valence-electron chi connectivity index (χ4n) is 3.62. The molecule has 8 heteroatoms. The number of nitrogens with zero attached hydrogens (tertiary/aromatic N) is 3. The van der Waals surface area contributed by atoms with Crippen molar-refractivity contribution in [3.05, 3.63) is 56.9 Å². The number of rotatable bonds is 6. The third-order valence-electron chi connectivity index (χ3n) is 5.43. The Kier molecular flexibility index (Phi) is 6.41. The highest BCUT2D eigenvalue weighted by molar-refractivity contribution is 5.76. The van der Waals surface area contributed by atoms with Gasteiger partial charge < -0.3 is 19.5 Å². The summed E-state index contributed by atoms with van der Waals surface area (Å²) in [6.07, 6.45) is 4.25. The Morgan fingerprint density at radius 2 is 1.79 bits per heavy atom. The number of hydrogen-bond donors (Lipinski definition) is 1. The number of carbonyl (C=O) groups is 1. The summed E-state index contributed by atoms with van der Waals surface area (Å²) >= 11 is 0. The van der Waals surface area contributed by atoms with Crippen molar-refractivity contribution in [2.45, 2.75) is 31.7 Å². The number of aromatic nitrogens is 2. The zero-order valence-electron chi connectivity index (χ0n) is 17.2. The molecule has 3 rings (SSSR count). The molecule has 0 radical (unpaired) electrons. The molecule has 0 bridgehead atoms. The van der Waals surface area contributed by atoms with Gasteiger partial charge in [-0.25, -0.2) is 4.79 Å². The normalized spacial score (nSPS) is 14.7. The molecular weight excluding hydrogens is 372 g/mol. The van der Waals surface area contributed by atoms with E-state index in [2.05, 4.69) is 5.32 Å². The quantitative estimate of drug-likeness (QED) is 0.776. The van der Waals surface area contributed by atoms with Gasteiger partial charge in [0.05, 0.1) is 7.11 Å². The van der Waals surface area contributed by atoms with E-state index in [4.69, 9.17) is 4.74 Å². The number of hydrogen-bond acceptors (Lipinski definition) is 5. The fourth-order valence-corrected chi connectivity index (χ4v) is 3.62. The first-order valence-electron chi connectivity index (χ1n) is 9.83. The first kappa shape index (κ1) is 20.7. The van der Waals surface area contributed by atoms with Crippen LogP contribution < -0.4 is 26.2 Å². The Morgan fingerprint density at radius 3 is 2.41 bits per heavy atom. The van der Waals surface area contributed by atoms with Gasteiger partial charge in [0, 0.05) is 45.8 Å². The maximum Gasteiger partial charge on any atom is 0.330 e. The van der Waals surface area contributed by atoms with Gasteiger partial charge in [0.15, 0.2) is 0 Å². The van der Waals surface area contributed by atoms with Gasteiger partial charge in [-0.15, -0.1) is 0 Å². The minimum absolute atomic E-state index is 0.0392. The monoisotopic (exact) mass is 400 g/mol. The Balaban J connectivity index is 1.50. The lowest BCUT2D eigenvalue weighted by Crippen LogP contribution is -2.47. The molecule has 0 atom stereocenters. The molecule has 1 aliphatic rings. The molecule has 1 amide bonds. The van der Waals surface area contributed by atoms with Crippen molar-refractivity contribution >= 4 is 11.6 Å². The minimum Gasteiger partial charge on any atom is -0.497 e. The lowest BCUT2D eigenvalue weighted by atomic mass is 10.0. The Hall–Kier alpha value is -3.03. The highest BCUT2D eigenvalue weighted by atomic mass is 16.5. The van der Waals surface area contributed by atoms with Crippen molar-refractivity contribution in [3.63, 3.8) is 0 Å². The second-order valence-electron chi connectivity index (χ2n) is 7.45. The molecular formula is C21H28N4O4. The van der Waals surface area contributed by atoms with Gasteiger partial charge >= 0.3 is 5.69 Å². The van der Waals surface area contributed by atoms with Crippen LogP contribution in [0, 0.1) is 0 Å². The van der Waals surface area contributed by atoms with E-state index in [9.17, 15) is 14.4 Å². The topological polar surface area (TPSA) is 85.6 Å². The van der Waals surface area contributed by atoms with Crippen molar-refractivity contribution in [2.24, 2.45) is 14.1 Å². The van der Waals surface area contributed by atoms with E-state index in [1.165, 1.54) is 11.6 Å². The first-order valence-corrected chi connectivity index (χ1v) is 9.83. The zero-order valence-corrected chi connectivity index (χ0v) is 17.2. The molecule has 0 saturated carbocycles. The first-order chi connectivity index (χ1) is 13.9. The largest absolute Gasteiger partial charge is 0.497 e. The average Bonchev–Trinajstić information content (AvgIpc) is 2.74. The second kappa shape index (κ2) is 8.98. The van der Waals surface area contributed by atoms with Gasteiger partial charge in [-0.1, -0.05) is 12.1 Å². The summed E-state index contributed by atoms with van der Waals surface area (Å²) < 4.78 is 7.69. The van der Waals surface area contributed by atoms with Crippen molar-refractivity contribution in [1.82, 2.24) is 14.5 Å². The van der Waals surface area contributed by atoms with Crippen LogP contribution in [0.1, 0.15) is 24.8 Å². The lowest BCUT2D eigenvalue weighted by Gasteiger charge is -2.33. The van der Waals surface area contributed by atoms with Gasteiger partial charge in [0.2, 0.25) is 5.91 Å². The van der Waals surface area contributed by atoms with Crippen LogP contribution in [0.2, 0.25) is 0 Å². The number of ether oxygens (including phenoxy) is 1. The molecule has 1 aromatic heterocycles. The molecule has 2 aromatic rings. The maximum absolute atomic E-state index is 12.4. The van der Waals surface area contributed by atoms with Crippen LogP contribution in [0.15, 0.2) is 40.1 Å². The Morgan fingerprint density at radius 1 is 1.14 bits per heavy atom. The van der Waals surface area contributed by atoms with Crippen LogP contribution in [0.4, 0.5) is 5.69 Å². The van der Waals surface area contributed by atoms with Gasteiger partial charge in [-0.05, 0) is 37.0 Å². The number of carbonyl (C=O) groups excluding carboxylic acids is 1. The highest BCUT2D eigenvalue weighted by Gasteiger charge is 2.23. The molecule has 156 valence electrons. The molecule has 0 unspecified atom stereocenters. The summed E-state index contributed by atoms with van der Waals surface area (Å²) in [7, 11) is 4.76. The minimum atomic E-state index is -0.335. The van der Waals surface area contributed by atoms with Gasteiger partial charge in [0.25, 0.3) is 5.56 Å². The Bertz CT molecular complexity index is 970. The summed E-state index contributed by atoms with van der Waals surface area (Å²) in [6.45, 7) is 1.33. The van der Waals surface area contributed by atoms with Crippen LogP contribution in [-0.2, 0) is 25.3 Å². The SMILES string of the molecule is COc1ccc(CCC(=O)NC2CCN(c3cn(C)c(=O)n(C)c3=O)CC2)cc1. The van der Waals surface area contributed by atoms with Crippen LogP contribution in [0.25, 0.3) is 0 Å². The number of methoxy groups -OCH3 is 1. The number of amides is 1. The molecule has 1 aromatic carbocycles. The maximum atomic E-state index is 12.4. The predicted molar refractivity (Wildman–Crippen MR) is 112 cm³/mol. The van der Waals surface area contributed by atoms with E-state index in [-0.39, 0.29) is 23.2 Å². The van der Waals surface area contributed by atoms with E-state index in [0.717, 1.165) is 28.7 Å². The summed E-state index contributed by atoms with van der Waals surface area (Å²) in [5.74, 6) is 0.843. The molecule has 2 heterocycles. The van der Waals surface area contributed by atoms with Crippen molar-refractivity contribution in [2.75, 3.05) is 25.1 Å². The van der Waals surface area contributed by atoms with Crippen LogP contribution >= 0.6 is 0 Å². The van der Waals surface area contributed by atoms with E-state index >= 15 is 0 Å². The zero-order chi connectivity index (χ0) is 21.0. The van der Waals surface area contributed by atoms with E-state index in [1.807, 2.05) is 29.2 Å². The highest BCUT2D eigenvalue weighted by Crippen LogP contribution is 2.16. The van der Waals surface area contributed by atoms with E-state index in [0.29, 0.717) is 31.6 Å². The molecule has 1 N–H and O–H groups in total. The summed E-state index contributed by atoms with van der Waals surface area (Å²) in [5, 5.41) is 3.10. The summed E-state index contributed by atoms with van der Waals surface area (Å²) in [5.41, 5.74) is 1.01. The van der Waals surface area contributed by atoms with E-state index < -0.39 is 0 Å². The number of benzene rings is 1. The predicted octanol–water partition coefficient (Wildman–Crippen LogP) is 0.810. The summed E-state index contributed by atoms with van der Waals surface area (Å²) in [6, 6.07) is 7.83. The van der Waals surface area contributed by atoms with Crippen LogP contribution in [0.5, 0.6) is 5.75 Å². The number of piperidine rings is 1. The van der Waals surface area contributed by atoms with Crippen LogP contribution in [-0.4, -0.2) is 41.3 Å². The number of anilines is 1. The van der Waals surface area contributed by atoms with Crippen LogP contribution in [0.3, 0.4) is 0 Å². The fraction of sp³-hybridized carbons (Fsp3) is 0.476. The molecule has 0 aliphatic carbocycles. The third-order valence-corrected chi connectivity index (χ3v) is 5.43. The van der Waals surface area contributed by atoms with Crippen molar-refractivity contribution < 1.29 is 9.53 Å². The van der Waals surface area contributed by atoms with Gasteiger partial charge in [-0.2, -0.15) is 0 Å². The molecule has 29 heavy (non-hydrogen) atoms. The van der Waals surface area contributed by atoms with Crippen molar-refractivity contribution in [1.29, 1.82) is 0 Å². The standard InChI is InChI=1S/C21H28N4O4/c1-23-14-18(20(27)24(2)21(23)28)25-12-10-16(11-13-25)22-19(26)9-6-15-4-7-17(29-3)8-5-15/h4-5,7-8,14,16H,6,9-13H2,1-3H3,(H,22,26). The summed E-state index contributed by atoms with van der Waals surface area (Å²) in [4.78, 5) is 38.5. The van der Waals surface area contributed by atoms with E-state index in [1.54, 1.807) is 20.4 Å². The third kappa shape index (κ3) is 4.88. The molecule has 1 fully saturated rings. The Labute approximate surface area is 169 Å². The second-order valence-corrected chi connectivity index (χ2v) is 7.45. The van der Waals surface area contributed by atoms with Gasteiger partial charge in [-0.3, -0.25) is 14.2 Å². The van der Waals surface area contributed by atoms with Gasteiger partial charge in [0.1, 0.15) is 11.4 Å². The number of aryl methyl sites for hydroxylation is 2. The lowest BCUT2D eigenvalue weighted by molar-refractivity contribution is -0.121. The molecule has 1 saturated heterocycles. The average molecular weight is 400 g/mol. The molecule has 1 aliphatic heterocycles. The molecule has 8 nitrogen and oxygen atoms in total. The molecule has 0 spiro atoms. The smallest absolute Gasteiger partial charge is 0.330 e.